The predicted octanol–water partition coefficient (Wildman–Crippen LogP) is 0.422. The first-order valence-corrected chi connectivity index (χ1v) is 5.60. The van der Waals surface area contributed by atoms with Crippen LogP contribution in [0.2, 0.25) is 0 Å². The van der Waals surface area contributed by atoms with Crippen LogP contribution in [0.1, 0.15) is 26.7 Å². The standard InChI is InChI=1S/C11H20N2O2/c1-9(2)13-6-3-10(4-7-13)11(15)12-5-8-14/h8-10H,3-7H2,1-2H3,(H,12,15). The van der Waals surface area contributed by atoms with Crippen molar-refractivity contribution in [2.24, 2.45) is 5.92 Å². The number of hydrogen-bond donors (Lipinski definition) is 1. The summed E-state index contributed by atoms with van der Waals surface area (Å²) < 4.78 is 0. The fraction of sp³-hybridized carbons (Fsp3) is 0.818. The van der Waals surface area contributed by atoms with Crippen LogP contribution in [0.5, 0.6) is 0 Å². The highest BCUT2D eigenvalue weighted by Crippen LogP contribution is 2.18. The lowest BCUT2D eigenvalue weighted by Crippen LogP contribution is -2.43. The van der Waals surface area contributed by atoms with Crippen LogP contribution in [0.15, 0.2) is 0 Å². The summed E-state index contributed by atoms with van der Waals surface area (Å²) in [5.74, 6) is 0.130. The number of likely N-dealkylation sites (tertiary alicyclic amines) is 1. The topological polar surface area (TPSA) is 49.4 Å². The molecule has 1 amide bonds. The Labute approximate surface area is 91.0 Å². The van der Waals surface area contributed by atoms with Gasteiger partial charge in [-0.1, -0.05) is 0 Å². The molecule has 0 aromatic rings. The van der Waals surface area contributed by atoms with Gasteiger partial charge in [-0.2, -0.15) is 0 Å². The molecular weight excluding hydrogens is 192 g/mol. The van der Waals surface area contributed by atoms with Crippen molar-refractivity contribution in [3.63, 3.8) is 0 Å². The molecule has 1 rings (SSSR count). The number of carbonyl (C=O) groups excluding carboxylic acids is 2. The van der Waals surface area contributed by atoms with E-state index in [1.165, 1.54) is 0 Å². The van der Waals surface area contributed by atoms with Gasteiger partial charge in [-0.3, -0.25) is 4.79 Å². The summed E-state index contributed by atoms with van der Waals surface area (Å²) in [5.41, 5.74) is 0. The van der Waals surface area contributed by atoms with E-state index in [1.807, 2.05) is 0 Å². The largest absolute Gasteiger partial charge is 0.349 e. The smallest absolute Gasteiger partial charge is 0.223 e. The van der Waals surface area contributed by atoms with Crippen LogP contribution >= 0.6 is 0 Å². The lowest BCUT2D eigenvalue weighted by atomic mass is 9.95. The quantitative estimate of drug-likeness (QED) is 0.687. The van der Waals surface area contributed by atoms with Gasteiger partial charge in [0.1, 0.15) is 6.29 Å². The average molecular weight is 212 g/mol. The van der Waals surface area contributed by atoms with Crippen molar-refractivity contribution >= 4 is 12.2 Å². The molecule has 0 saturated carbocycles. The third-order valence-electron chi connectivity index (χ3n) is 2.99. The molecule has 0 aliphatic carbocycles. The SMILES string of the molecule is CC(C)N1CCC(C(=O)NCC=O)CC1. The van der Waals surface area contributed by atoms with Crippen LogP contribution in [0.25, 0.3) is 0 Å². The van der Waals surface area contributed by atoms with E-state index in [2.05, 4.69) is 24.1 Å². The van der Waals surface area contributed by atoms with E-state index in [4.69, 9.17) is 0 Å². The molecule has 15 heavy (non-hydrogen) atoms. The Morgan fingerprint density at radius 3 is 2.53 bits per heavy atom. The first-order chi connectivity index (χ1) is 7.15. The molecule has 1 heterocycles. The van der Waals surface area contributed by atoms with Crippen molar-refractivity contribution in [3.05, 3.63) is 0 Å². The van der Waals surface area contributed by atoms with Crippen molar-refractivity contribution < 1.29 is 9.59 Å². The zero-order chi connectivity index (χ0) is 11.3. The van der Waals surface area contributed by atoms with Crippen molar-refractivity contribution in [2.45, 2.75) is 32.7 Å². The molecule has 1 saturated heterocycles. The van der Waals surface area contributed by atoms with E-state index >= 15 is 0 Å². The summed E-state index contributed by atoms with van der Waals surface area (Å²) in [5, 5.41) is 2.62. The summed E-state index contributed by atoms with van der Waals surface area (Å²) in [6, 6.07) is 0.559. The van der Waals surface area contributed by atoms with E-state index < -0.39 is 0 Å². The fourth-order valence-corrected chi connectivity index (χ4v) is 1.96. The molecule has 0 unspecified atom stereocenters. The average Bonchev–Trinajstić information content (AvgIpc) is 2.26. The third kappa shape index (κ3) is 3.63. The van der Waals surface area contributed by atoms with Crippen LogP contribution in [0, 0.1) is 5.92 Å². The van der Waals surface area contributed by atoms with Gasteiger partial charge in [0.25, 0.3) is 0 Å². The highest BCUT2D eigenvalue weighted by Gasteiger charge is 2.25. The van der Waals surface area contributed by atoms with E-state index in [9.17, 15) is 9.59 Å². The zero-order valence-electron chi connectivity index (χ0n) is 9.53. The molecule has 0 spiro atoms. The highest BCUT2D eigenvalue weighted by atomic mass is 16.2. The maximum Gasteiger partial charge on any atom is 0.223 e. The lowest BCUT2D eigenvalue weighted by Gasteiger charge is -2.33. The molecule has 0 aromatic heterocycles. The second kappa shape index (κ2) is 5.85. The summed E-state index contributed by atoms with van der Waals surface area (Å²) >= 11 is 0. The minimum absolute atomic E-state index is 0.0329. The van der Waals surface area contributed by atoms with Crippen molar-refractivity contribution in [3.8, 4) is 0 Å². The van der Waals surface area contributed by atoms with Gasteiger partial charge < -0.3 is 15.0 Å². The van der Waals surface area contributed by atoms with Gasteiger partial charge in [0.2, 0.25) is 5.91 Å². The van der Waals surface area contributed by atoms with Crippen LogP contribution in [-0.2, 0) is 9.59 Å². The second-order valence-corrected chi connectivity index (χ2v) is 4.32. The first-order valence-electron chi connectivity index (χ1n) is 5.60. The molecule has 1 N–H and O–H groups in total. The highest BCUT2D eigenvalue weighted by molar-refractivity contribution is 5.80. The number of rotatable bonds is 4. The molecule has 4 nitrogen and oxygen atoms in total. The van der Waals surface area contributed by atoms with Crippen LogP contribution in [0.3, 0.4) is 0 Å². The molecule has 0 aromatic carbocycles. The number of nitrogens with one attached hydrogen (secondary N) is 1. The summed E-state index contributed by atoms with van der Waals surface area (Å²) in [4.78, 5) is 24.0. The van der Waals surface area contributed by atoms with E-state index in [1.54, 1.807) is 0 Å². The molecule has 4 heteroatoms. The molecule has 1 fully saturated rings. The van der Waals surface area contributed by atoms with Gasteiger partial charge in [-0.15, -0.1) is 0 Å². The van der Waals surface area contributed by atoms with Gasteiger partial charge in [0.05, 0.1) is 6.54 Å². The number of nitrogens with zero attached hydrogens (tertiary/aromatic N) is 1. The van der Waals surface area contributed by atoms with E-state index in [0.29, 0.717) is 6.04 Å². The van der Waals surface area contributed by atoms with Crippen molar-refractivity contribution in [1.29, 1.82) is 0 Å². The minimum Gasteiger partial charge on any atom is -0.349 e. The van der Waals surface area contributed by atoms with Gasteiger partial charge >= 0.3 is 0 Å². The number of hydrogen-bond acceptors (Lipinski definition) is 3. The van der Waals surface area contributed by atoms with Crippen LogP contribution < -0.4 is 5.32 Å². The number of carbonyl (C=O) groups is 2. The third-order valence-corrected chi connectivity index (χ3v) is 2.99. The Balaban J connectivity index is 2.30. The van der Waals surface area contributed by atoms with Crippen LogP contribution in [0.4, 0.5) is 0 Å². The number of aldehydes is 1. The molecule has 1 aliphatic rings. The monoisotopic (exact) mass is 212 g/mol. The van der Waals surface area contributed by atoms with E-state index in [0.717, 1.165) is 32.2 Å². The Bertz CT molecular complexity index is 221. The molecule has 0 bridgehead atoms. The summed E-state index contributed by atoms with van der Waals surface area (Å²) in [6.07, 6.45) is 2.53. The Kier molecular flexibility index (Phi) is 4.75. The lowest BCUT2D eigenvalue weighted by molar-refractivity contribution is -0.127. The van der Waals surface area contributed by atoms with Gasteiger partial charge in [-0.25, -0.2) is 0 Å². The number of piperidine rings is 1. The Morgan fingerprint density at radius 1 is 1.47 bits per heavy atom. The Morgan fingerprint density at radius 2 is 2.07 bits per heavy atom. The van der Waals surface area contributed by atoms with Gasteiger partial charge in [0, 0.05) is 12.0 Å². The zero-order valence-corrected chi connectivity index (χ0v) is 9.53. The maximum atomic E-state index is 11.5. The predicted molar refractivity (Wildman–Crippen MR) is 58.5 cm³/mol. The van der Waals surface area contributed by atoms with E-state index in [-0.39, 0.29) is 18.4 Å². The van der Waals surface area contributed by atoms with Crippen LogP contribution in [-0.4, -0.2) is 42.8 Å². The maximum absolute atomic E-state index is 11.5. The van der Waals surface area contributed by atoms with Crippen molar-refractivity contribution in [1.82, 2.24) is 10.2 Å². The van der Waals surface area contributed by atoms with Gasteiger partial charge in [-0.05, 0) is 39.8 Å². The summed E-state index contributed by atoms with van der Waals surface area (Å²) in [6.45, 7) is 6.45. The molecule has 86 valence electrons. The molecule has 1 aliphatic heterocycles. The summed E-state index contributed by atoms with van der Waals surface area (Å²) in [7, 11) is 0. The Hall–Kier alpha value is -0.900. The fourth-order valence-electron chi connectivity index (χ4n) is 1.96. The van der Waals surface area contributed by atoms with Gasteiger partial charge in [0.15, 0.2) is 0 Å². The number of amides is 1. The molecule has 0 radical (unpaired) electrons. The second-order valence-electron chi connectivity index (χ2n) is 4.32. The minimum atomic E-state index is 0.0329. The first kappa shape index (κ1) is 12.2. The van der Waals surface area contributed by atoms with Crippen molar-refractivity contribution in [2.75, 3.05) is 19.6 Å². The molecule has 0 atom stereocenters. The normalized spacial score (nSPS) is 19.1. The molecular formula is C11H20N2O2.